The molecule has 1 aliphatic heterocycles. The summed E-state index contributed by atoms with van der Waals surface area (Å²) in [5.41, 5.74) is 8.28. The highest BCUT2D eigenvalue weighted by Gasteiger charge is 2.26. The number of nitrogens with two attached hydrogens (primary N) is 1. The Balaban J connectivity index is 0.00000242. The number of nitrogens with zero attached hydrogens (tertiary/aromatic N) is 1. The number of benzene rings is 1. The Hall–Kier alpha value is -1.01. The maximum Gasteiger partial charge on any atom is 0.237 e. The minimum Gasteiger partial charge on any atom is -0.381 e. The molecular weight excluding hydrogens is 337 g/mol. The molecule has 1 aromatic rings. The third-order valence-electron chi connectivity index (χ3n) is 4.00. The van der Waals surface area contributed by atoms with E-state index in [2.05, 4.69) is 5.32 Å². The van der Waals surface area contributed by atoms with Gasteiger partial charge in [-0.3, -0.25) is 4.79 Å². The number of ether oxygens (including phenoxy) is 1. The quantitative estimate of drug-likeness (QED) is 0.838. The predicted molar refractivity (Wildman–Crippen MR) is 98.6 cm³/mol. The van der Waals surface area contributed by atoms with Gasteiger partial charge in [-0.1, -0.05) is 18.2 Å². The minimum atomic E-state index is -0.444. The van der Waals surface area contributed by atoms with Gasteiger partial charge < -0.3 is 20.7 Å². The van der Waals surface area contributed by atoms with E-state index in [1.807, 2.05) is 43.3 Å². The molecule has 0 bridgehead atoms. The van der Waals surface area contributed by atoms with Crippen LogP contribution in [0.2, 0.25) is 0 Å². The van der Waals surface area contributed by atoms with Crippen LogP contribution in [0.15, 0.2) is 24.3 Å². The summed E-state index contributed by atoms with van der Waals surface area (Å²) in [6.07, 6.45) is 1.73. The molecule has 2 rings (SSSR count). The Morgan fingerprint density at radius 3 is 2.52 bits per heavy atom. The van der Waals surface area contributed by atoms with Crippen LogP contribution in [0.4, 0.5) is 5.69 Å². The van der Waals surface area contributed by atoms with Crippen molar-refractivity contribution in [3.8, 4) is 0 Å². The topological polar surface area (TPSA) is 67.6 Å². The van der Waals surface area contributed by atoms with E-state index in [0.717, 1.165) is 24.1 Å². The van der Waals surface area contributed by atoms with Crippen LogP contribution in [0, 0.1) is 5.92 Å². The van der Waals surface area contributed by atoms with Gasteiger partial charge in [0, 0.05) is 39.5 Å². The van der Waals surface area contributed by atoms with Gasteiger partial charge in [0.15, 0.2) is 0 Å². The first-order valence-electron chi connectivity index (χ1n) is 7.46. The maximum absolute atomic E-state index is 12.2. The molecule has 7 heteroatoms. The number of hydrogen-bond donors (Lipinski definition) is 2. The summed E-state index contributed by atoms with van der Waals surface area (Å²) in [4.78, 5) is 14.2. The zero-order valence-electron chi connectivity index (χ0n) is 13.7. The van der Waals surface area contributed by atoms with Crippen molar-refractivity contribution in [3.05, 3.63) is 29.8 Å². The fourth-order valence-electron chi connectivity index (χ4n) is 2.69. The molecule has 1 heterocycles. The van der Waals surface area contributed by atoms with Gasteiger partial charge in [-0.15, -0.1) is 24.8 Å². The Kier molecular flexibility index (Phi) is 10.2. The monoisotopic (exact) mass is 363 g/mol. The number of halogens is 2. The predicted octanol–water partition coefficient (Wildman–Crippen LogP) is 1.97. The van der Waals surface area contributed by atoms with E-state index >= 15 is 0 Å². The zero-order valence-corrected chi connectivity index (χ0v) is 15.3. The molecule has 1 saturated heterocycles. The van der Waals surface area contributed by atoms with E-state index in [1.54, 1.807) is 0 Å². The van der Waals surface area contributed by atoms with Crippen molar-refractivity contribution in [1.29, 1.82) is 0 Å². The minimum absolute atomic E-state index is 0. The molecule has 0 aliphatic carbocycles. The number of carbonyl (C=O) groups excluding carboxylic acids is 1. The first-order valence-corrected chi connectivity index (χ1v) is 7.46. The largest absolute Gasteiger partial charge is 0.381 e. The first kappa shape index (κ1) is 22.0. The van der Waals surface area contributed by atoms with Crippen LogP contribution in [0.5, 0.6) is 0 Å². The fraction of sp³-hybridized carbons (Fsp3) is 0.562. The molecule has 1 aromatic carbocycles. The fourth-order valence-corrected chi connectivity index (χ4v) is 2.69. The van der Waals surface area contributed by atoms with E-state index in [0.29, 0.717) is 19.8 Å². The van der Waals surface area contributed by atoms with Crippen molar-refractivity contribution in [2.75, 3.05) is 32.2 Å². The number of para-hydroxylation sites is 1. The Morgan fingerprint density at radius 1 is 1.30 bits per heavy atom. The molecule has 1 amide bonds. The van der Waals surface area contributed by atoms with Gasteiger partial charge in [-0.2, -0.15) is 0 Å². The normalized spacial score (nSPS) is 15.8. The van der Waals surface area contributed by atoms with Crippen LogP contribution < -0.4 is 16.0 Å². The lowest BCUT2D eigenvalue weighted by molar-refractivity contribution is -0.124. The molecule has 5 nitrogen and oxygen atoms in total. The molecule has 1 unspecified atom stereocenters. The van der Waals surface area contributed by atoms with Crippen molar-refractivity contribution < 1.29 is 9.53 Å². The summed E-state index contributed by atoms with van der Waals surface area (Å²) < 4.78 is 5.31. The van der Waals surface area contributed by atoms with Gasteiger partial charge in [0.2, 0.25) is 5.91 Å². The average molecular weight is 364 g/mol. The molecule has 1 atom stereocenters. The van der Waals surface area contributed by atoms with Gasteiger partial charge in [0.05, 0.1) is 6.04 Å². The van der Waals surface area contributed by atoms with Crippen LogP contribution in [0.1, 0.15) is 18.4 Å². The number of anilines is 1. The van der Waals surface area contributed by atoms with Crippen molar-refractivity contribution in [2.24, 2.45) is 11.7 Å². The van der Waals surface area contributed by atoms with Crippen LogP contribution in [0.25, 0.3) is 0 Å². The molecule has 3 N–H and O–H groups in total. The molecule has 132 valence electrons. The number of hydrogen-bond acceptors (Lipinski definition) is 4. The molecule has 0 aromatic heterocycles. The molecule has 0 saturated carbocycles. The molecule has 0 spiro atoms. The van der Waals surface area contributed by atoms with Gasteiger partial charge in [0.25, 0.3) is 0 Å². The van der Waals surface area contributed by atoms with Crippen molar-refractivity contribution in [2.45, 2.75) is 25.4 Å². The highest BCUT2D eigenvalue weighted by atomic mass is 35.5. The van der Waals surface area contributed by atoms with Crippen molar-refractivity contribution in [3.63, 3.8) is 0 Å². The second-order valence-corrected chi connectivity index (χ2v) is 5.72. The van der Waals surface area contributed by atoms with Gasteiger partial charge in [0.1, 0.15) is 0 Å². The number of amides is 1. The molecule has 23 heavy (non-hydrogen) atoms. The lowest BCUT2D eigenvalue weighted by Gasteiger charge is -2.27. The van der Waals surface area contributed by atoms with Gasteiger partial charge >= 0.3 is 0 Å². The third-order valence-corrected chi connectivity index (χ3v) is 4.00. The lowest BCUT2D eigenvalue weighted by atomic mass is 9.92. The summed E-state index contributed by atoms with van der Waals surface area (Å²) in [5, 5.41) is 2.96. The summed E-state index contributed by atoms with van der Waals surface area (Å²) in [6.45, 7) is 1.91. The number of nitrogens with one attached hydrogen (secondary N) is 1. The molecule has 1 fully saturated rings. The smallest absolute Gasteiger partial charge is 0.237 e. The summed E-state index contributed by atoms with van der Waals surface area (Å²) in [5.74, 6) is 0.151. The SMILES string of the molecule is CN(C)c1ccccc1CNC(=O)C(N)C1CCOCC1.Cl.Cl. The Bertz CT molecular complexity index is 480. The third kappa shape index (κ3) is 6.18. The van der Waals surface area contributed by atoms with Gasteiger partial charge in [-0.25, -0.2) is 0 Å². The second kappa shape index (κ2) is 10.7. The summed E-state index contributed by atoms with van der Waals surface area (Å²) in [6, 6.07) is 7.59. The lowest BCUT2D eigenvalue weighted by Crippen LogP contribution is -2.46. The van der Waals surface area contributed by atoms with Crippen LogP contribution in [-0.4, -0.2) is 39.3 Å². The molecular formula is C16H27Cl2N3O2. The van der Waals surface area contributed by atoms with Crippen LogP contribution in [0.3, 0.4) is 0 Å². The highest BCUT2D eigenvalue weighted by molar-refractivity contribution is 5.85. The number of carbonyl (C=O) groups is 1. The molecule has 1 aliphatic rings. The van der Waals surface area contributed by atoms with E-state index in [-0.39, 0.29) is 36.6 Å². The molecule has 0 radical (unpaired) electrons. The van der Waals surface area contributed by atoms with E-state index in [9.17, 15) is 4.79 Å². The van der Waals surface area contributed by atoms with E-state index in [1.165, 1.54) is 0 Å². The van der Waals surface area contributed by atoms with Crippen LogP contribution in [-0.2, 0) is 16.1 Å². The standard InChI is InChI=1S/C16H25N3O2.2ClH/c1-19(2)14-6-4-3-5-13(14)11-18-16(20)15(17)12-7-9-21-10-8-12;;/h3-6,12,15H,7-11,17H2,1-2H3,(H,18,20);2*1H. The Labute approximate surface area is 150 Å². The highest BCUT2D eigenvalue weighted by Crippen LogP contribution is 2.19. The second-order valence-electron chi connectivity index (χ2n) is 5.72. The van der Waals surface area contributed by atoms with Crippen LogP contribution >= 0.6 is 24.8 Å². The maximum atomic E-state index is 12.2. The Morgan fingerprint density at radius 2 is 1.91 bits per heavy atom. The zero-order chi connectivity index (χ0) is 15.2. The van der Waals surface area contributed by atoms with Gasteiger partial charge in [-0.05, 0) is 30.4 Å². The van der Waals surface area contributed by atoms with E-state index in [4.69, 9.17) is 10.5 Å². The van der Waals surface area contributed by atoms with Crippen molar-refractivity contribution >= 4 is 36.4 Å². The van der Waals surface area contributed by atoms with Crippen molar-refractivity contribution in [1.82, 2.24) is 5.32 Å². The summed E-state index contributed by atoms with van der Waals surface area (Å²) >= 11 is 0. The van der Waals surface area contributed by atoms with E-state index < -0.39 is 6.04 Å². The average Bonchev–Trinajstić information content (AvgIpc) is 2.52. The summed E-state index contributed by atoms with van der Waals surface area (Å²) in [7, 11) is 3.99. The number of rotatable bonds is 5. The first-order chi connectivity index (χ1) is 10.1.